The Morgan fingerprint density at radius 2 is 1.54 bits per heavy atom. The smallest absolute Gasteiger partial charge is 0.264 e. The highest BCUT2D eigenvalue weighted by molar-refractivity contribution is 7.92. The van der Waals surface area contributed by atoms with E-state index in [1.54, 1.807) is 43.3 Å². The summed E-state index contributed by atoms with van der Waals surface area (Å²) in [6.07, 6.45) is 0.362. The van der Waals surface area contributed by atoms with E-state index < -0.39 is 28.5 Å². The number of sulfonamides is 1. The van der Waals surface area contributed by atoms with Gasteiger partial charge in [0.05, 0.1) is 15.6 Å². The predicted octanol–water partition coefficient (Wildman–Crippen LogP) is 4.79. The number of halogens is 1. The lowest BCUT2D eigenvalue weighted by molar-refractivity contribution is -0.140. The molecule has 1 unspecified atom stereocenters. The molecule has 0 bridgehead atoms. The van der Waals surface area contributed by atoms with Gasteiger partial charge < -0.3 is 10.2 Å². The number of benzene rings is 3. The number of nitrogens with one attached hydrogen (secondary N) is 1. The molecule has 1 atom stereocenters. The van der Waals surface area contributed by atoms with Crippen LogP contribution in [0.3, 0.4) is 0 Å². The molecule has 3 rings (SSSR count). The highest BCUT2D eigenvalue weighted by atomic mass is 35.5. The van der Waals surface area contributed by atoms with Crippen LogP contribution in [0.4, 0.5) is 5.69 Å². The largest absolute Gasteiger partial charge is 0.355 e. The molecule has 7 nitrogen and oxygen atoms in total. The van der Waals surface area contributed by atoms with E-state index in [0.29, 0.717) is 13.0 Å². The molecule has 3 aromatic carbocycles. The Labute approximate surface area is 224 Å². The van der Waals surface area contributed by atoms with Crippen LogP contribution in [0.2, 0.25) is 5.02 Å². The second-order valence-electron chi connectivity index (χ2n) is 8.60. The van der Waals surface area contributed by atoms with Gasteiger partial charge in [0.2, 0.25) is 11.8 Å². The molecular formula is C28H32ClN3O4S. The van der Waals surface area contributed by atoms with Gasteiger partial charge in [-0.1, -0.05) is 78.7 Å². The van der Waals surface area contributed by atoms with Crippen LogP contribution in [0.25, 0.3) is 0 Å². The molecule has 0 radical (unpaired) electrons. The summed E-state index contributed by atoms with van der Waals surface area (Å²) in [5.41, 5.74) is 1.91. The third kappa shape index (κ3) is 6.90. The number of nitrogens with zero attached hydrogens (tertiary/aromatic N) is 2. The van der Waals surface area contributed by atoms with Crippen LogP contribution in [0.5, 0.6) is 0 Å². The van der Waals surface area contributed by atoms with Crippen molar-refractivity contribution in [2.24, 2.45) is 0 Å². The van der Waals surface area contributed by atoms with Crippen molar-refractivity contribution in [3.63, 3.8) is 0 Å². The Morgan fingerprint density at radius 1 is 0.919 bits per heavy atom. The minimum atomic E-state index is -4.16. The number of para-hydroxylation sites is 1. The van der Waals surface area contributed by atoms with Crippen molar-refractivity contribution in [1.29, 1.82) is 0 Å². The van der Waals surface area contributed by atoms with E-state index >= 15 is 0 Å². The van der Waals surface area contributed by atoms with Gasteiger partial charge in [-0.25, -0.2) is 8.42 Å². The zero-order chi connectivity index (χ0) is 27.0. The fourth-order valence-electron chi connectivity index (χ4n) is 4.00. The normalized spacial score (nSPS) is 12.0. The maximum Gasteiger partial charge on any atom is 0.264 e. The maximum atomic E-state index is 13.9. The number of amides is 2. The summed E-state index contributed by atoms with van der Waals surface area (Å²) < 4.78 is 28.6. The topological polar surface area (TPSA) is 86.8 Å². The second-order valence-corrected chi connectivity index (χ2v) is 10.9. The fraction of sp³-hybridized carbons (Fsp3) is 0.286. The molecule has 196 valence electrons. The van der Waals surface area contributed by atoms with Crippen LogP contribution in [0, 0.1) is 6.92 Å². The monoisotopic (exact) mass is 541 g/mol. The minimum absolute atomic E-state index is 0.0381. The summed E-state index contributed by atoms with van der Waals surface area (Å²) >= 11 is 6.42. The van der Waals surface area contributed by atoms with Crippen molar-refractivity contribution in [2.45, 2.75) is 44.7 Å². The van der Waals surface area contributed by atoms with Crippen molar-refractivity contribution in [1.82, 2.24) is 10.2 Å². The van der Waals surface area contributed by atoms with Crippen molar-refractivity contribution in [2.75, 3.05) is 17.4 Å². The average Bonchev–Trinajstić information content (AvgIpc) is 2.88. The third-order valence-corrected chi connectivity index (χ3v) is 8.04. The fourth-order valence-corrected chi connectivity index (χ4v) is 5.72. The van der Waals surface area contributed by atoms with E-state index in [-0.39, 0.29) is 28.1 Å². The number of rotatable bonds is 11. The summed E-state index contributed by atoms with van der Waals surface area (Å²) in [7, 11) is -4.16. The van der Waals surface area contributed by atoms with E-state index in [2.05, 4.69) is 5.32 Å². The number of carbonyl (C=O) groups is 2. The van der Waals surface area contributed by atoms with Crippen LogP contribution in [0.1, 0.15) is 31.4 Å². The molecule has 0 heterocycles. The maximum absolute atomic E-state index is 13.9. The molecule has 1 N–H and O–H groups in total. The van der Waals surface area contributed by atoms with Gasteiger partial charge in [0, 0.05) is 13.1 Å². The molecule has 9 heteroatoms. The zero-order valence-corrected chi connectivity index (χ0v) is 22.8. The molecule has 0 aliphatic rings. The number of hydrogen-bond donors (Lipinski definition) is 1. The van der Waals surface area contributed by atoms with Crippen LogP contribution in [0.15, 0.2) is 83.8 Å². The average molecular weight is 542 g/mol. The first kappa shape index (κ1) is 28.2. The minimum Gasteiger partial charge on any atom is -0.355 e. The van der Waals surface area contributed by atoms with E-state index in [4.69, 9.17) is 11.6 Å². The number of hydrogen-bond acceptors (Lipinski definition) is 4. The zero-order valence-electron chi connectivity index (χ0n) is 21.2. The van der Waals surface area contributed by atoms with E-state index in [1.807, 2.05) is 44.2 Å². The van der Waals surface area contributed by atoms with Gasteiger partial charge in [-0.3, -0.25) is 13.9 Å². The molecule has 0 fully saturated rings. The molecule has 0 saturated carbocycles. The molecule has 0 saturated heterocycles. The van der Waals surface area contributed by atoms with Crippen LogP contribution >= 0.6 is 11.6 Å². The van der Waals surface area contributed by atoms with Gasteiger partial charge in [-0.05, 0) is 50.1 Å². The lowest BCUT2D eigenvalue weighted by Gasteiger charge is -2.33. The van der Waals surface area contributed by atoms with Crippen molar-refractivity contribution >= 4 is 39.1 Å². The van der Waals surface area contributed by atoms with Gasteiger partial charge >= 0.3 is 0 Å². The predicted molar refractivity (Wildman–Crippen MR) is 147 cm³/mol. The Morgan fingerprint density at radius 3 is 2.14 bits per heavy atom. The van der Waals surface area contributed by atoms with Gasteiger partial charge in [-0.2, -0.15) is 0 Å². The van der Waals surface area contributed by atoms with Crippen LogP contribution in [-0.2, 0) is 26.2 Å². The Hall–Kier alpha value is -3.36. The Kier molecular flexibility index (Phi) is 9.72. The third-order valence-electron chi connectivity index (χ3n) is 5.94. The summed E-state index contributed by atoms with van der Waals surface area (Å²) in [5, 5.41) is 2.98. The van der Waals surface area contributed by atoms with Crippen LogP contribution in [-0.4, -0.2) is 44.3 Å². The summed E-state index contributed by atoms with van der Waals surface area (Å²) in [6.45, 7) is 5.52. The van der Waals surface area contributed by atoms with Gasteiger partial charge in [0.15, 0.2) is 0 Å². The van der Waals surface area contributed by atoms with Crippen molar-refractivity contribution in [3.8, 4) is 0 Å². The first-order valence-electron chi connectivity index (χ1n) is 12.1. The number of aryl methyl sites for hydroxylation is 1. The molecule has 3 aromatic rings. The number of anilines is 1. The van der Waals surface area contributed by atoms with Gasteiger partial charge in [-0.15, -0.1) is 0 Å². The first-order valence-corrected chi connectivity index (χ1v) is 14.0. The molecule has 2 amide bonds. The molecule has 0 aromatic heterocycles. The highest BCUT2D eigenvalue weighted by Crippen LogP contribution is 2.31. The standard InChI is InChI=1S/C28H32ClN3O4S/c1-4-25(28(34)30-5-2)31(19-22-11-7-6-8-12-22)27(33)20-32(26-14-10-9-13-24(26)29)37(35,36)23-17-15-21(3)16-18-23/h6-18,25H,4-5,19-20H2,1-3H3,(H,30,34). The van der Waals surface area contributed by atoms with Crippen molar-refractivity contribution < 1.29 is 18.0 Å². The summed E-state index contributed by atoms with van der Waals surface area (Å²) in [4.78, 5) is 28.3. The van der Waals surface area contributed by atoms with Crippen LogP contribution < -0.4 is 9.62 Å². The second kappa shape index (κ2) is 12.7. The number of likely N-dealkylation sites (N-methyl/N-ethyl adjacent to an activating group) is 1. The van der Waals surface area contributed by atoms with Gasteiger partial charge in [0.25, 0.3) is 10.0 Å². The lowest BCUT2D eigenvalue weighted by Crippen LogP contribution is -2.52. The first-order chi connectivity index (χ1) is 17.7. The molecule has 37 heavy (non-hydrogen) atoms. The van der Waals surface area contributed by atoms with E-state index in [1.165, 1.54) is 17.0 Å². The lowest BCUT2D eigenvalue weighted by atomic mass is 10.1. The highest BCUT2D eigenvalue weighted by Gasteiger charge is 2.34. The van der Waals surface area contributed by atoms with Gasteiger partial charge in [0.1, 0.15) is 12.6 Å². The Balaban J connectivity index is 2.06. The quantitative estimate of drug-likeness (QED) is 0.378. The van der Waals surface area contributed by atoms with Crippen molar-refractivity contribution in [3.05, 3.63) is 95.0 Å². The molecule has 0 aliphatic heterocycles. The summed E-state index contributed by atoms with van der Waals surface area (Å²) in [5.74, 6) is -0.808. The molecule has 0 spiro atoms. The summed E-state index contributed by atoms with van der Waals surface area (Å²) in [6, 6.07) is 21.4. The molecule has 0 aliphatic carbocycles. The SMILES string of the molecule is CCNC(=O)C(CC)N(Cc1ccccc1)C(=O)CN(c1ccccc1Cl)S(=O)(=O)c1ccc(C)cc1. The Bertz CT molecular complexity index is 1310. The van der Waals surface area contributed by atoms with E-state index in [9.17, 15) is 18.0 Å². The molecular weight excluding hydrogens is 510 g/mol. The number of carbonyl (C=O) groups excluding carboxylic acids is 2. The van der Waals surface area contributed by atoms with E-state index in [0.717, 1.165) is 15.4 Å².